The smallest absolute Gasteiger partial charge is 0.310 e. The first kappa shape index (κ1) is 12.6. The predicted molar refractivity (Wildman–Crippen MR) is 70.0 cm³/mol. The number of rotatable bonds is 2. The van der Waals surface area contributed by atoms with Crippen LogP contribution < -0.4 is 5.32 Å². The Hall–Kier alpha value is -0.870. The molecule has 1 saturated heterocycles. The lowest BCUT2D eigenvalue weighted by Crippen LogP contribution is -2.23. The Balaban J connectivity index is 2.29. The molecule has 0 unspecified atom stereocenters. The van der Waals surface area contributed by atoms with E-state index in [2.05, 4.69) is 40.3 Å². The zero-order valence-corrected chi connectivity index (χ0v) is 11.6. The van der Waals surface area contributed by atoms with Gasteiger partial charge in [0.25, 0.3) is 0 Å². The highest BCUT2D eigenvalue weighted by molar-refractivity contribution is 9.10. The van der Waals surface area contributed by atoms with Gasteiger partial charge in [-0.3, -0.25) is 4.79 Å². The average Bonchev–Trinajstić information content (AvgIpc) is 2.77. The minimum atomic E-state index is -0.123. The van der Waals surface area contributed by atoms with Gasteiger partial charge in [-0.15, -0.1) is 0 Å². The lowest BCUT2D eigenvalue weighted by atomic mass is 9.86. The first-order valence-corrected chi connectivity index (χ1v) is 6.47. The topological polar surface area (TPSA) is 38.3 Å². The van der Waals surface area contributed by atoms with E-state index in [1.165, 1.54) is 18.2 Å². The normalized spacial score (nSPS) is 23.7. The Bertz CT molecular complexity index is 433. The van der Waals surface area contributed by atoms with Crippen LogP contribution >= 0.6 is 15.9 Å². The van der Waals surface area contributed by atoms with Crippen LogP contribution in [0, 0.1) is 12.8 Å². The van der Waals surface area contributed by atoms with E-state index in [1.807, 2.05) is 6.07 Å². The average molecular weight is 298 g/mol. The number of benzene rings is 1. The standard InChI is InChI=1S/C13H16BrNO2/c1-8-5-9(14)3-4-10(8)11-6-15-7-12(11)13(16)17-2/h3-5,11-12,15H,6-7H2,1-2H3/t11-,12+/m0/s1. The summed E-state index contributed by atoms with van der Waals surface area (Å²) in [7, 11) is 1.45. The van der Waals surface area contributed by atoms with Crippen molar-refractivity contribution in [3.8, 4) is 0 Å². The second-order valence-corrected chi connectivity index (χ2v) is 5.31. The fraction of sp³-hybridized carbons (Fsp3) is 0.462. The van der Waals surface area contributed by atoms with E-state index >= 15 is 0 Å². The lowest BCUT2D eigenvalue weighted by molar-refractivity contribution is -0.145. The number of aryl methyl sites for hydroxylation is 1. The van der Waals surface area contributed by atoms with Gasteiger partial charge in [0.1, 0.15) is 0 Å². The van der Waals surface area contributed by atoms with Crippen LogP contribution in [-0.2, 0) is 9.53 Å². The molecule has 4 heteroatoms. The maximum atomic E-state index is 11.7. The van der Waals surface area contributed by atoms with Crippen molar-refractivity contribution in [2.24, 2.45) is 5.92 Å². The molecule has 17 heavy (non-hydrogen) atoms. The molecule has 0 saturated carbocycles. The van der Waals surface area contributed by atoms with Crippen LogP contribution in [0.5, 0.6) is 0 Å². The third-order valence-electron chi connectivity index (χ3n) is 3.35. The second kappa shape index (κ2) is 5.19. The van der Waals surface area contributed by atoms with Crippen LogP contribution in [0.4, 0.5) is 0 Å². The quantitative estimate of drug-likeness (QED) is 0.851. The largest absolute Gasteiger partial charge is 0.469 e. The SMILES string of the molecule is COC(=O)[C@@H]1CNC[C@H]1c1ccc(Br)cc1C. The monoisotopic (exact) mass is 297 g/mol. The summed E-state index contributed by atoms with van der Waals surface area (Å²) in [5.41, 5.74) is 2.44. The van der Waals surface area contributed by atoms with Crippen molar-refractivity contribution in [2.45, 2.75) is 12.8 Å². The summed E-state index contributed by atoms with van der Waals surface area (Å²) in [6.07, 6.45) is 0. The van der Waals surface area contributed by atoms with Crippen molar-refractivity contribution in [2.75, 3.05) is 20.2 Å². The molecule has 0 aliphatic carbocycles. The molecule has 0 aromatic heterocycles. The molecule has 1 aliphatic heterocycles. The van der Waals surface area contributed by atoms with Gasteiger partial charge in [-0.25, -0.2) is 0 Å². The van der Waals surface area contributed by atoms with E-state index in [4.69, 9.17) is 4.74 Å². The van der Waals surface area contributed by atoms with Gasteiger partial charge in [0, 0.05) is 23.5 Å². The van der Waals surface area contributed by atoms with Crippen LogP contribution in [0.25, 0.3) is 0 Å². The third kappa shape index (κ3) is 2.53. The number of hydrogen-bond donors (Lipinski definition) is 1. The fourth-order valence-corrected chi connectivity index (χ4v) is 2.94. The maximum absolute atomic E-state index is 11.7. The molecule has 2 rings (SSSR count). The molecule has 2 atom stereocenters. The molecule has 1 aliphatic rings. The summed E-state index contributed by atoms with van der Waals surface area (Å²) < 4.78 is 5.93. The van der Waals surface area contributed by atoms with Gasteiger partial charge in [-0.1, -0.05) is 22.0 Å². The first-order valence-electron chi connectivity index (χ1n) is 5.68. The molecule has 1 fully saturated rings. The van der Waals surface area contributed by atoms with Crippen LogP contribution in [0.1, 0.15) is 17.0 Å². The van der Waals surface area contributed by atoms with Gasteiger partial charge >= 0.3 is 5.97 Å². The Labute approximate surface area is 110 Å². The van der Waals surface area contributed by atoms with Gasteiger partial charge in [-0.05, 0) is 30.2 Å². The molecule has 1 aromatic rings. The molecule has 0 radical (unpaired) electrons. The minimum Gasteiger partial charge on any atom is -0.469 e. The number of carbonyl (C=O) groups is 1. The molecular weight excluding hydrogens is 282 g/mol. The number of halogens is 1. The molecule has 0 spiro atoms. The van der Waals surface area contributed by atoms with Crippen molar-refractivity contribution >= 4 is 21.9 Å². The van der Waals surface area contributed by atoms with E-state index in [9.17, 15) is 4.79 Å². The molecular formula is C13H16BrNO2. The first-order chi connectivity index (χ1) is 8.13. The van der Waals surface area contributed by atoms with E-state index in [1.54, 1.807) is 0 Å². The number of carbonyl (C=O) groups excluding carboxylic acids is 1. The summed E-state index contributed by atoms with van der Waals surface area (Å²) in [5, 5.41) is 3.27. The summed E-state index contributed by atoms with van der Waals surface area (Å²) in [4.78, 5) is 11.7. The van der Waals surface area contributed by atoms with Gasteiger partial charge in [0.05, 0.1) is 13.0 Å². The Morgan fingerprint density at radius 3 is 2.88 bits per heavy atom. The summed E-state index contributed by atoms with van der Waals surface area (Å²) in [5.74, 6) is 0.0257. The van der Waals surface area contributed by atoms with E-state index in [0.717, 1.165) is 11.0 Å². The summed E-state index contributed by atoms with van der Waals surface area (Å²) in [6.45, 7) is 3.61. The Morgan fingerprint density at radius 1 is 1.47 bits per heavy atom. The highest BCUT2D eigenvalue weighted by atomic mass is 79.9. The van der Waals surface area contributed by atoms with E-state index < -0.39 is 0 Å². The highest BCUT2D eigenvalue weighted by Crippen LogP contribution is 2.32. The summed E-state index contributed by atoms with van der Waals surface area (Å²) in [6, 6.07) is 6.20. The molecule has 1 heterocycles. The van der Waals surface area contributed by atoms with Gasteiger partial charge in [0.2, 0.25) is 0 Å². The van der Waals surface area contributed by atoms with Crippen molar-refractivity contribution in [1.82, 2.24) is 5.32 Å². The molecule has 1 N–H and O–H groups in total. The number of esters is 1. The van der Waals surface area contributed by atoms with Crippen molar-refractivity contribution < 1.29 is 9.53 Å². The maximum Gasteiger partial charge on any atom is 0.310 e. The highest BCUT2D eigenvalue weighted by Gasteiger charge is 2.35. The number of ether oxygens (including phenoxy) is 1. The number of methoxy groups -OCH3 is 1. The lowest BCUT2D eigenvalue weighted by Gasteiger charge is -2.19. The van der Waals surface area contributed by atoms with Gasteiger partial charge in [0.15, 0.2) is 0 Å². The van der Waals surface area contributed by atoms with Gasteiger partial charge in [-0.2, -0.15) is 0 Å². The molecule has 0 bridgehead atoms. The van der Waals surface area contributed by atoms with E-state index in [0.29, 0.717) is 6.54 Å². The third-order valence-corrected chi connectivity index (χ3v) is 3.84. The zero-order chi connectivity index (χ0) is 12.4. The molecule has 0 amide bonds. The van der Waals surface area contributed by atoms with Crippen LogP contribution in [0.3, 0.4) is 0 Å². The van der Waals surface area contributed by atoms with Crippen molar-refractivity contribution in [1.29, 1.82) is 0 Å². The molecule has 3 nitrogen and oxygen atoms in total. The Morgan fingerprint density at radius 2 is 2.24 bits per heavy atom. The van der Waals surface area contributed by atoms with E-state index in [-0.39, 0.29) is 17.8 Å². The fourth-order valence-electron chi connectivity index (χ4n) is 2.46. The summed E-state index contributed by atoms with van der Waals surface area (Å²) >= 11 is 3.46. The van der Waals surface area contributed by atoms with Gasteiger partial charge < -0.3 is 10.1 Å². The zero-order valence-electron chi connectivity index (χ0n) is 10.00. The van der Waals surface area contributed by atoms with Crippen molar-refractivity contribution in [3.05, 3.63) is 33.8 Å². The Kier molecular flexibility index (Phi) is 3.84. The number of hydrogen-bond acceptors (Lipinski definition) is 3. The second-order valence-electron chi connectivity index (χ2n) is 4.40. The van der Waals surface area contributed by atoms with Crippen LogP contribution in [0.15, 0.2) is 22.7 Å². The van der Waals surface area contributed by atoms with Crippen molar-refractivity contribution in [3.63, 3.8) is 0 Å². The number of nitrogens with one attached hydrogen (secondary N) is 1. The minimum absolute atomic E-state index is 0.0696. The van der Waals surface area contributed by atoms with Crippen LogP contribution in [-0.4, -0.2) is 26.2 Å². The van der Waals surface area contributed by atoms with Crippen LogP contribution in [0.2, 0.25) is 0 Å². The molecule has 92 valence electrons. The molecule has 1 aromatic carbocycles. The predicted octanol–water partition coefficient (Wildman–Crippen LogP) is 2.23.